The fraction of sp³-hybridized carbons (Fsp3) is 0.455. The molecule has 3 heteroatoms. The second kappa shape index (κ2) is 3.78. The molecule has 1 aliphatic carbocycles. The van der Waals surface area contributed by atoms with Crippen LogP contribution in [0.5, 0.6) is 0 Å². The van der Waals surface area contributed by atoms with Crippen LogP contribution in [0.25, 0.3) is 0 Å². The first-order valence-electron chi connectivity index (χ1n) is 4.98. The van der Waals surface area contributed by atoms with Gasteiger partial charge in [0.1, 0.15) is 0 Å². The molecule has 0 amide bonds. The van der Waals surface area contributed by atoms with E-state index in [2.05, 4.69) is 22.7 Å². The molecule has 0 spiro atoms. The Morgan fingerprint density at radius 1 is 1.71 bits per heavy atom. The number of allylic oxidation sites excluding steroid dienone is 1. The van der Waals surface area contributed by atoms with Gasteiger partial charge >= 0.3 is 0 Å². The maximum atomic E-state index is 4.20. The number of hydrogen-bond donors (Lipinski definition) is 0. The van der Waals surface area contributed by atoms with E-state index in [-0.39, 0.29) is 0 Å². The van der Waals surface area contributed by atoms with Crippen molar-refractivity contribution in [3.63, 3.8) is 0 Å². The van der Waals surface area contributed by atoms with E-state index in [1.54, 1.807) is 11.2 Å². The highest BCUT2D eigenvalue weighted by Crippen LogP contribution is 2.33. The van der Waals surface area contributed by atoms with Gasteiger partial charge < -0.3 is 0 Å². The second-order valence-electron chi connectivity index (χ2n) is 3.74. The molecular formula is C11H15N3. The number of hydrazone groups is 1. The molecule has 74 valence electrons. The lowest BCUT2D eigenvalue weighted by Crippen LogP contribution is -2.16. The molecule has 2 aliphatic rings. The van der Waals surface area contributed by atoms with Crippen molar-refractivity contribution in [3.8, 4) is 0 Å². The van der Waals surface area contributed by atoms with Crippen LogP contribution in [0.3, 0.4) is 0 Å². The van der Waals surface area contributed by atoms with Crippen LogP contribution in [-0.4, -0.2) is 24.1 Å². The molecule has 0 aromatic carbocycles. The normalized spacial score (nSPS) is 26.5. The molecule has 0 atom stereocenters. The topological polar surface area (TPSA) is 28.0 Å². The molecule has 0 aromatic rings. The Morgan fingerprint density at radius 2 is 2.50 bits per heavy atom. The van der Waals surface area contributed by atoms with Crippen molar-refractivity contribution in [2.24, 2.45) is 16.0 Å². The van der Waals surface area contributed by atoms with Crippen molar-refractivity contribution in [2.45, 2.75) is 19.3 Å². The van der Waals surface area contributed by atoms with Crippen LogP contribution >= 0.6 is 0 Å². The Labute approximate surface area is 84.5 Å². The molecule has 3 nitrogen and oxygen atoms in total. The molecule has 1 fully saturated rings. The molecule has 0 unspecified atom stereocenters. The van der Waals surface area contributed by atoms with E-state index >= 15 is 0 Å². The maximum Gasteiger partial charge on any atom is 0.157 e. The summed E-state index contributed by atoms with van der Waals surface area (Å²) in [4.78, 5) is 4.20. The largest absolute Gasteiger partial charge is 0.250 e. The van der Waals surface area contributed by atoms with Crippen LogP contribution in [0, 0.1) is 5.92 Å². The summed E-state index contributed by atoms with van der Waals surface area (Å²) < 4.78 is 0. The van der Waals surface area contributed by atoms with Crippen molar-refractivity contribution in [1.29, 1.82) is 0 Å². The van der Waals surface area contributed by atoms with E-state index < -0.39 is 0 Å². The number of amidine groups is 1. The van der Waals surface area contributed by atoms with Gasteiger partial charge in [-0.05, 0) is 25.2 Å². The van der Waals surface area contributed by atoms with Crippen LogP contribution in [0.2, 0.25) is 0 Å². The zero-order valence-electron chi connectivity index (χ0n) is 8.48. The predicted molar refractivity (Wildman–Crippen MR) is 59.3 cm³/mol. The Balaban J connectivity index is 2.08. The number of likely N-dealkylation sites (N-methyl/N-ethyl adjacent to an activating group) is 1. The minimum absolute atomic E-state index is 0.903. The van der Waals surface area contributed by atoms with Gasteiger partial charge in [-0.15, -0.1) is 0 Å². The third-order valence-corrected chi connectivity index (χ3v) is 2.52. The molecule has 0 radical (unpaired) electrons. The van der Waals surface area contributed by atoms with Gasteiger partial charge in [-0.2, -0.15) is 5.10 Å². The summed E-state index contributed by atoms with van der Waals surface area (Å²) in [5, 5.41) is 5.96. The smallest absolute Gasteiger partial charge is 0.157 e. The predicted octanol–water partition coefficient (Wildman–Crippen LogP) is 2.19. The second-order valence-corrected chi connectivity index (χ2v) is 3.74. The summed E-state index contributed by atoms with van der Waals surface area (Å²) in [7, 11) is 1.90. The fourth-order valence-electron chi connectivity index (χ4n) is 1.48. The molecule has 1 saturated carbocycles. The van der Waals surface area contributed by atoms with Gasteiger partial charge in [-0.3, -0.25) is 5.01 Å². The molecule has 0 N–H and O–H groups in total. The van der Waals surface area contributed by atoms with Crippen molar-refractivity contribution in [1.82, 2.24) is 5.01 Å². The van der Waals surface area contributed by atoms with E-state index in [4.69, 9.17) is 0 Å². The molecule has 1 heterocycles. The highest BCUT2D eigenvalue weighted by Gasteiger charge is 2.21. The van der Waals surface area contributed by atoms with E-state index in [1.807, 2.05) is 13.3 Å². The number of nitrogens with zero attached hydrogens (tertiary/aromatic N) is 3. The minimum atomic E-state index is 0.903. The monoisotopic (exact) mass is 189 g/mol. The summed E-state index contributed by atoms with van der Waals surface area (Å²) >= 11 is 0. The zero-order valence-corrected chi connectivity index (χ0v) is 8.48. The third-order valence-electron chi connectivity index (χ3n) is 2.52. The van der Waals surface area contributed by atoms with Crippen molar-refractivity contribution >= 4 is 12.1 Å². The molecule has 0 aromatic heterocycles. The summed E-state index contributed by atoms with van der Waals surface area (Å²) in [6, 6.07) is 0. The Hall–Kier alpha value is -1.38. The molecule has 14 heavy (non-hydrogen) atoms. The first kappa shape index (κ1) is 9.19. The van der Waals surface area contributed by atoms with Gasteiger partial charge in [0.05, 0.1) is 6.21 Å². The Kier molecular flexibility index (Phi) is 2.48. The minimum Gasteiger partial charge on any atom is -0.250 e. The molecular weight excluding hydrogens is 174 g/mol. The van der Waals surface area contributed by atoms with Crippen molar-refractivity contribution in [3.05, 3.63) is 24.4 Å². The maximum absolute atomic E-state index is 4.20. The van der Waals surface area contributed by atoms with Gasteiger partial charge in [0.15, 0.2) is 5.84 Å². The molecule has 0 bridgehead atoms. The highest BCUT2D eigenvalue weighted by molar-refractivity contribution is 6.18. The van der Waals surface area contributed by atoms with Gasteiger partial charge in [0.2, 0.25) is 0 Å². The lowest BCUT2D eigenvalue weighted by atomic mass is 10.2. The lowest BCUT2D eigenvalue weighted by Gasteiger charge is -2.07. The molecule has 0 saturated heterocycles. The summed E-state index contributed by atoms with van der Waals surface area (Å²) in [6.45, 7) is 3.60. The summed E-state index contributed by atoms with van der Waals surface area (Å²) in [6.07, 6.45) is 9.57. The number of aliphatic imine (C=N–C) groups is 1. The van der Waals surface area contributed by atoms with Gasteiger partial charge in [-0.1, -0.05) is 12.7 Å². The number of hydrogen-bond acceptors (Lipinski definition) is 2. The SMILES string of the molecule is C=CN=C1/C(=C\CC2CC2)C=NN1C. The summed E-state index contributed by atoms with van der Waals surface area (Å²) in [5.74, 6) is 1.81. The third kappa shape index (κ3) is 1.92. The van der Waals surface area contributed by atoms with Crippen LogP contribution in [0.1, 0.15) is 19.3 Å². The average molecular weight is 189 g/mol. The lowest BCUT2D eigenvalue weighted by molar-refractivity contribution is 0.561. The van der Waals surface area contributed by atoms with E-state index in [1.165, 1.54) is 12.8 Å². The van der Waals surface area contributed by atoms with E-state index in [0.29, 0.717) is 0 Å². The molecule has 1 aliphatic heterocycles. The fourth-order valence-corrected chi connectivity index (χ4v) is 1.48. The first-order chi connectivity index (χ1) is 6.81. The van der Waals surface area contributed by atoms with E-state index in [0.717, 1.165) is 23.7 Å². The van der Waals surface area contributed by atoms with Crippen LogP contribution in [-0.2, 0) is 0 Å². The quantitative estimate of drug-likeness (QED) is 0.668. The van der Waals surface area contributed by atoms with Crippen LogP contribution in [0.4, 0.5) is 0 Å². The number of rotatable bonds is 3. The van der Waals surface area contributed by atoms with Crippen LogP contribution in [0.15, 0.2) is 34.5 Å². The first-order valence-corrected chi connectivity index (χ1v) is 4.98. The van der Waals surface area contributed by atoms with Gasteiger partial charge in [-0.25, -0.2) is 4.99 Å². The average Bonchev–Trinajstić information content (AvgIpc) is 2.94. The van der Waals surface area contributed by atoms with Crippen LogP contribution < -0.4 is 0 Å². The van der Waals surface area contributed by atoms with E-state index in [9.17, 15) is 0 Å². The molecule has 2 rings (SSSR count). The van der Waals surface area contributed by atoms with Crippen molar-refractivity contribution in [2.75, 3.05) is 7.05 Å². The van der Waals surface area contributed by atoms with Gasteiger partial charge in [0, 0.05) is 18.8 Å². The van der Waals surface area contributed by atoms with Gasteiger partial charge in [0.25, 0.3) is 0 Å². The highest BCUT2D eigenvalue weighted by atomic mass is 15.5. The van der Waals surface area contributed by atoms with Crippen molar-refractivity contribution < 1.29 is 0 Å². The Bertz CT molecular complexity index is 321. The zero-order chi connectivity index (χ0) is 9.97. The standard InChI is InChI=1S/C11H15N3/c1-3-12-11-10(8-13-14(11)2)7-6-9-4-5-9/h3,7-9H,1,4-6H2,2H3/b10-7-,12-11?. The Morgan fingerprint density at radius 3 is 3.14 bits per heavy atom. The summed E-state index contributed by atoms with van der Waals surface area (Å²) in [5.41, 5.74) is 1.12.